The number of carbonyl (C=O) groups is 3. The molecule has 0 aromatic rings. The quantitative estimate of drug-likeness (QED) is 0.719. The van der Waals surface area contributed by atoms with Gasteiger partial charge in [-0.15, -0.1) is 0 Å². The predicted octanol–water partition coefficient (Wildman–Crippen LogP) is 1.21. The molecule has 0 fully saturated rings. The minimum atomic E-state index is -0.729. The van der Waals surface area contributed by atoms with Crippen LogP contribution in [0.4, 0.5) is 4.79 Å². The molecule has 0 aromatic heterocycles. The molecule has 7 heteroatoms. The van der Waals surface area contributed by atoms with Crippen molar-refractivity contribution in [2.24, 2.45) is 5.92 Å². The maximum Gasteiger partial charge on any atom is 0.408 e. The lowest BCUT2D eigenvalue weighted by molar-refractivity contribution is -0.146. The fourth-order valence-electron chi connectivity index (χ4n) is 1.49. The number of nitrogens with one attached hydrogen (secondary N) is 2. The molecule has 0 bridgehead atoms. The van der Waals surface area contributed by atoms with E-state index in [9.17, 15) is 14.4 Å². The van der Waals surface area contributed by atoms with E-state index in [2.05, 4.69) is 15.4 Å². The number of ether oxygens (including phenoxy) is 2. The summed E-state index contributed by atoms with van der Waals surface area (Å²) in [4.78, 5) is 34.8. The summed E-state index contributed by atoms with van der Waals surface area (Å²) in [5.74, 6) is -1.05. The second-order valence-corrected chi connectivity index (χ2v) is 5.81. The van der Waals surface area contributed by atoms with Crippen molar-refractivity contribution < 1.29 is 23.9 Å². The topological polar surface area (TPSA) is 93.7 Å². The summed E-state index contributed by atoms with van der Waals surface area (Å²) in [7, 11) is 1.27. The number of hydrogen-bond donors (Lipinski definition) is 2. The molecule has 0 unspecified atom stereocenters. The van der Waals surface area contributed by atoms with E-state index in [0.717, 1.165) is 0 Å². The number of alkyl carbamates (subject to hydrolysis) is 1. The van der Waals surface area contributed by atoms with Gasteiger partial charge in [0.2, 0.25) is 5.91 Å². The highest BCUT2D eigenvalue weighted by atomic mass is 16.6. The van der Waals surface area contributed by atoms with Crippen molar-refractivity contribution in [2.45, 2.75) is 52.7 Å². The van der Waals surface area contributed by atoms with Gasteiger partial charge in [0.25, 0.3) is 0 Å². The molecular formula is C14H26N2O5. The Morgan fingerprint density at radius 1 is 1.19 bits per heavy atom. The average Bonchev–Trinajstić information content (AvgIpc) is 2.38. The van der Waals surface area contributed by atoms with Gasteiger partial charge in [-0.3, -0.25) is 4.79 Å². The number of esters is 1. The molecule has 0 aromatic carbocycles. The molecular weight excluding hydrogens is 276 g/mol. The molecule has 0 saturated carbocycles. The van der Waals surface area contributed by atoms with Gasteiger partial charge in [-0.1, -0.05) is 20.3 Å². The minimum Gasteiger partial charge on any atom is -0.467 e. The zero-order chi connectivity index (χ0) is 16.6. The molecule has 0 radical (unpaired) electrons. The standard InChI is InChI=1S/C14H26N2O5/c1-7-9(2)11(12(18)20-6)16-10(17)8-15-13(19)21-14(3,4)5/h9,11H,7-8H2,1-6H3,(H,15,19)(H,16,17)/t9-,11-/m0/s1. The number of rotatable bonds is 6. The Balaban J connectivity index is 4.39. The van der Waals surface area contributed by atoms with Gasteiger partial charge < -0.3 is 20.1 Å². The van der Waals surface area contributed by atoms with Gasteiger partial charge in [-0.25, -0.2) is 9.59 Å². The lowest BCUT2D eigenvalue weighted by atomic mass is 9.99. The Bertz CT molecular complexity index is 376. The Labute approximate surface area is 125 Å². The Morgan fingerprint density at radius 3 is 2.19 bits per heavy atom. The fourth-order valence-corrected chi connectivity index (χ4v) is 1.49. The lowest BCUT2D eigenvalue weighted by Gasteiger charge is -2.22. The van der Waals surface area contributed by atoms with E-state index in [1.807, 2.05) is 13.8 Å². The third-order valence-corrected chi connectivity index (χ3v) is 2.78. The van der Waals surface area contributed by atoms with Gasteiger partial charge in [0.05, 0.1) is 7.11 Å². The van der Waals surface area contributed by atoms with Crippen LogP contribution in [-0.4, -0.2) is 43.3 Å². The predicted molar refractivity (Wildman–Crippen MR) is 77.6 cm³/mol. The molecule has 21 heavy (non-hydrogen) atoms. The van der Waals surface area contributed by atoms with Gasteiger partial charge in [-0.05, 0) is 26.7 Å². The van der Waals surface area contributed by atoms with Crippen LogP contribution in [-0.2, 0) is 19.1 Å². The molecule has 0 heterocycles. The largest absolute Gasteiger partial charge is 0.467 e. The number of methoxy groups -OCH3 is 1. The van der Waals surface area contributed by atoms with Crippen molar-refractivity contribution in [3.63, 3.8) is 0 Å². The molecule has 2 atom stereocenters. The molecule has 2 N–H and O–H groups in total. The highest BCUT2D eigenvalue weighted by molar-refractivity contribution is 5.87. The second kappa shape index (κ2) is 8.49. The van der Waals surface area contributed by atoms with Gasteiger partial charge in [0, 0.05) is 0 Å². The van der Waals surface area contributed by atoms with Crippen molar-refractivity contribution in [2.75, 3.05) is 13.7 Å². The lowest BCUT2D eigenvalue weighted by Crippen LogP contribution is -2.49. The number of amides is 2. The molecule has 0 spiro atoms. The minimum absolute atomic E-state index is 0.0667. The number of hydrogen-bond acceptors (Lipinski definition) is 5. The van der Waals surface area contributed by atoms with E-state index in [-0.39, 0.29) is 12.5 Å². The fraction of sp³-hybridized carbons (Fsp3) is 0.786. The summed E-state index contributed by atoms with van der Waals surface area (Å²) in [5.41, 5.74) is -0.633. The molecule has 0 saturated heterocycles. The van der Waals surface area contributed by atoms with E-state index >= 15 is 0 Å². The SMILES string of the molecule is CC[C@H](C)[C@H](NC(=O)CNC(=O)OC(C)(C)C)C(=O)OC. The smallest absolute Gasteiger partial charge is 0.408 e. The monoisotopic (exact) mass is 302 g/mol. The molecule has 7 nitrogen and oxygen atoms in total. The van der Waals surface area contributed by atoms with E-state index in [1.165, 1.54) is 7.11 Å². The van der Waals surface area contributed by atoms with Crippen LogP contribution in [0.5, 0.6) is 0 Å². The van der Waals surface area contributed by atoms with Crippen molar-refractivity contribution in [1.29, 1.82) is 0 Å². The van der Waals surface area contributed by atoms with Gasteiger partial charge in [0.1, 0.15) is 18.2 Å². The number of carbonyl (C=O) groups excluding carboxylic acids is 3. The summed E-state index contributed by atoms with van der Waals surface area (Å²) in [5, 5.41) is 4.89. The summed E-state index contributed by atoms with van der Waals surface area (Å²) < 4.78 is 9.67. The van der Waals surface area contributed by atoms with Crippen LogP contribution in [0.15, 0.2) is 0 Å². The normalized spacial score (nSPS) is 13.8. The summed E-state index contributed by atoms with van der Waals surface area (Å²) in [6.07, 6.45) is 0.0234. The van der Waals surface area contributed by atoms with Crippen LogP contribution in [0.2, 0.25) is 0 Å². The molecule has 0 aliphatic heterocycles. The van der Waals surface area contributed by atoms with Crippen molar-refractivity contribution in [3.05, 3.63) is 0 Å². The molecule has 0 aliphatic carbocycles. The van der Waals surface area contributed by atoms with Crippen molar-refractivity contribution in [3.8, 4) is 0 Å². The third-order valence-electron chi connectivity index (χ3n) is 2.78. The molecule has 2 amide bonds. The highest BCUT2D eigenvalue weighted by Crippen LogP contribution is 2.09. The zero-order valence-corrected chi connectivity index (χ0v) is 13.6. The Kier molecular flexibility index (Phi) is 7.76. The van der Waals surface area contributed by atoms with E-state index in [0.29, 0.717) is 6.42 Å². The highest BCUT2D eigenvalue weighted by Gasteiger charge is 2.26. The van der Waals surface area contributed by atoms with Crippen molar-refractivity contribution >= 4 is 18.0 Å². The summed E-state index contributed by atoms with van der Waals surface area (Å²) in [6.45, 7) is 8.66. The molecule has 0 rings (SSSR count). The van der Waals surface area contributed by atoms with Crippen LogP contribution in [0.1, 0.15) is 41.0 Å². The van der Waals surface area contributed by atoms with Gasteiger partial charge in [0.15, 0.2) is 0 Å². The van der Waals surface area contributed by atoms with E-state index < -0.39 is 29.6 Å². The van der Waals surface area contributed by atoms with Crippen LogP contribution < -0.4 is 10.6 Å². The first-order chi connectivity index (χ1) is 9.60. The summed E-state index contributed by atoms with van der Waals surface area (Å²) in [6, 6.07) is -0.729. The maximum atomic E-state index is 11.8. The first-order valence-electron chi connectivity index (χ1n) is 6.94. The van der Waals surface area contributed by atoms with Crippen LogP contribution >= 0.6 is 0 Å². The Morgan fingerprint density at radius 2 is 1.76 bits per heavy atom. The third kappa shape index (κ3) is 8.16. The van der Waals surface area contributed by atoms with Gasteiger partial charge in [-0.2, -0.15) is 0 Å². The van der Waals surface area contributed by atoms with Gasteiger partial charge >= 0.3 is 12.1 Å². The maximum absolute atomic E-state index is 11.8. The summed E-state index contributed by atoms with van der Waals surface area (Å²) >= 11 is 0. The molecule has 122 valence electrons. The van der Waals surface area contributed by atoms with Crippen LogP contribution in [0.25, 0.3) is 0 Å². The van der Waals surface area contributed by atoms with E-state index in [4.69, 9.17) is 4.74 Å². The molecule has 0 aliphatic rings. The van der Waals surface area contributed by atoms with Crippen molar-refractivity contribution in [1.82, 2.24) is 10.6 Å². The zero-order valence-electron chi connectivity index (χ0n) is 13.6. The van der Waals surface area contributed by atoms with E-state index in [1.54, 1.807) is 20.8 Å². The first kappa shape index (κ1) is 19.2. The van der Waals surface area contributed by atoms with Crippen LogP contribution in [0, 0.1) is 5.92 Å². The first-order valence-corrected chi connectivity index (χ1v) is 6.94. The van der Waals surface area contributed by atoms with Crippen LogP contribution in [0.3, 0.4) is 0 Å². The average molecular weight is 302 g/mol. The second-order valence-electron chi connectivity index (χ2n) is 5.81. The Hall–Kier alpha value is -1.79.